The van der Waals surface area contributed by atoms with E-state index in [0.717, 1.165) is 23.3 Å². The molecule has 0 saturated heterocycles. The van der Waals surface area contributed by atoms with E-state index in [0.29, 0.717) is 13.0 Å². The van der Waals surface area contributed by atoms with Crippen molar-refractivity contribution in [3.63, 3.8) is 0 Å². The molecule has 1 amide bonds. The Labute approximate surface area is 106 Å². The lowest BCUT2D eigenvalue weighted by atomic mass is 10.2. The lowest BCUT2D eigenvalue weighted by Crippen LogP contribution is -2.21. The second-order valence-corrected chi connectivity index (χ2v) is 4.64. The summed E-state index contributed by atoms with van der Waals surface area (Å²) in [5, 5.41) is 13.4. The van der Waals surface area contributed by atoms with Crippen LogP contribution in [0.5, 0.6) is 0 Å². The zero-order valence-corrected chi connectivity index (χ0v) is 10.8. The Morgan fingerprint density at radius 3 is 3.12 bits per heavy atom. The number of carbonyl (C=O) groups is 1. The van der Waals surface area contributed by atoms with Crippen LogP contribution in [0.2, 0.25) is 0 Å². The minimum Gasteiger partial charge on any atom is -0.384 e. The number of hydrogen-bond acceptors (Lipinski definition) is 3. The smallest absolute Gasteiger partial charge is 0.220 e. The van der Waals surface area contributed by atoms with Gasteiger partial charge in [0.1, 0.15) is 6.61 Å². The number of amides is 1. The van der Waals surface area contributed by atoms with Crippen molar-refractivity contribution >= 4 is 17.2 Å². The number of unbranched alkanes of at least 4 members (excludes halogenated alkanes) is 1. The average molecular weight is 251 g/mol. The minimum absolute atomic E-state index is 0.100. The largest absolute Gasteiger partial charge is 0.384 e. The third kappa shape index (κ3) is 5.53. The van der Waals surface area contributed by atoms with Crippen LogP contribution in [0.15, 0.2) is 11.4 Å². The number of aliphatic hydroxyl groups excluding tert-OH is 1. The van der Waals surface area contributed by atoms with Gasteiger partial charge in [-0.25, -0.2) is 0 Å². The Bertz CT molecular complexity index is 415. The first-order chi connectivity index (χ1) is 8.26. The van der Waals surface area contributed by atoms with Gasteiger partial charge in [-0.3, -0.25) is 4.79 Å². The zero-order chi connectivity index (χ0) is 12.5. The van der Waals surface area contributed by atoms with Crippen LogP contribution in [-0.2, 0) is 11.3 Å². The standard InChI is InChI=1S/C13H17NO2S/c1-2-3-6-13(16)14-9-12-8-11(10-17-12)5-4-7-15/h8,10,15H,2-3,6-7,9H2,1H3,(H,14,16). The molecule has 0 aromatic carbocycles. The van der Waals surface area contributed by atoms with E-state index < -0.39 is 0 Å². The minimum atomic E-state index is -0.126. The highest BCUT2D eigenvalue weighted by Crippen LogP contribution is 2.13. The van der Waals surface area contributed by atoms with Crippen LogP contribution in [0.3, 0.4) is 0 Å². The van der Waals surface area contributed by atoms with Crippen molar-refractivity contribution in [1.29, 1.82) is 0 Å². The third-order valence-corrected chi connectivity index (χ3v) is 3.12. The summed E-state index contributed by atoms with van der Waals surface area (Å²) in [6, 6.07) is 1.94. The number of carbonyl (C=O) groups excluding carboxylic acids is 1. The summed E-state index contributed by atoms with van der Waals surface area (Å²) in [4.78, 5) is 12.5. The molecule has 1 aromatic rings. The van der Waals surface area contributed by atoms with Crippen molar-refractivity contribution < 1.29 is 9.90 Å². The van der Waals surface area contributed by atoms with Crippen LogP contribution >= 0.6 is 11.3 Å². The summed E-state index contributed by atoms with van der Waals surface area (Å²) in [5.41, 5.74) is 0.891. The molecule has 4 heteroatoms. The molecule has 2 N–H and O–H groups in total. The molecule has 0 unspecified atom stereocenters. The monoisotopic (exact) mass is 251 g/mol. The first kappa shape index (κ1) is 13.8. The molecule has 17 heavy (non-hydrogen) atoms. The molecule has 0 aliphatic carbocycles. The van der Waals surface area contributed by atoms with Gasteiger partial charge in [-0.15, -0.1) is 11.3 Å². The summed E-state index contributed by atoms with van der Waals surface area (Å²) in [5.74, 6) is 5.53. The van der Waals surface area contributed by atoms with Gasteiger partial charge >= 0.3 is 0 Å². The molecule has 0 saturated carbocycles. The van der Waals surface area contributed by atoms with Crippen molar-refractivity contribution in [2.75, 3.05) is 6.61 Å². The molecule has 3 nitrogen and oxygen atoms in total. The van der Waals surface area contributed by atoms with Crippen molar-refractivity contribution in [2.24, 2.45) is 0 Å². The fraction of sp³-hybridized carbons (Fsp3) is 0.462. The Kier molecular flexibility index (Phi) is 6.38. The molecule has 92 valence electrons. The summed E-state index contributed by atoms with van der Waals surface area (Å²) in [6.45, 7) is 2.51. The average Bonchev–Trinajstić information content (AvgIpc) is 2.79. The molecule has 0 atom stereocenters. The number of aliphatic hydroxyl groups is 1. The molecule has 0 aliphatic rings. The predicted molar refractivity (Wildman–Crippen MR) is 69.7 cm³/mol. The fourth-order valence-electron chi connectivity index (χ4n) is 1.29. The topological polar surface area (TPSA) is 49.3 Å². The van der Waals surface area contributed by atoms with E-state index in [2.05, 4.69) is 24.1 Å². The quantitative estimate of drug-likeness (QED) is 0.785. The first-order valence-corrected chi connectivity index (χ1v) is 6.58. The summed E-state index contributed by atoms with van der Waals surface area (Å²) >= 11 is 1.57. The fourth-order valence-corrected chi connectivity index (χ4v) is 2.05. The van der Waals surface area contributed by atoms with Gasteiger partial charge in [-0.2, -0.15) is 0 Å². The third-order valence-electron chi connectivity index (χ3n) is 2.18. The molecule has 1 aromatic heterocycles. The number of hydrogen-bond donors (Lipinski definition) is 2. The highest BCUT2D eigenvalue weighted by atomic mass is 32.1. The lowest BCUT2D eigenvalue weighted by Gasteiger charge is -2.01. The molecular weight excluding hydrogens is 234 g/mol. The second kappa shape index (κ2) is 7.88. The molecule has 0 bridgehead atoms. The van der Waals surface area contributed by atoms with Gasteiger partial charge in [-0.1, -0.05) is 25.2 Å². The van der Waals surface area contributed by atoms with E-state index in [4.69, 9.17) is 5.11 Å². The van der Waals surface area contributed by atoms with Gasteiger partial charge < -0.3 is 10.4 Å². The molecular formula is C13H17NO2S. The molecule has 0 radical (unpaired) electrons. The van der Waals surface area contributed by atoms with E-state index in [1.807, 2.05) is 11.4 Å². The maximum atomic E-state index is 11.4. The van der Waals surface area contributed by atoms with Crippen molar-refractivity contribution in [3.05, 3.63) is 21.9 Å². The van der Waals surface area contributed by atoms with Gasteiger partial charge in [0.05, 0.1) is 6.54 Å². The van der Waals surface area contributed by atoms with E-state index >= 15 is 0 Å². The van der Waals surface area contributed by atoms with Gasteiger partial charge in [-0.05, 0) is 12.5 Å². The molecule has 1 rings (SSSR count). The van der Waals surface area contributed by atoms with Crippen LogP contribution in [0, 0.1) is 11.8 Å². The second-order valence-electron chi connectivity index (χ2n) is 3.64. The normalized spacial score (nSPS) is 9.53. The summed E-state index contributed by atoms with van der Waals surface area (Å²) < 4.78 is 0. The van der Waals surface area contributed by atoms with E-state index in [1.54, 1.807) is 11.3 Å². The maximum Gasteiger partial charge on any atom is 0.220 e. The number of thiophene rings is 1. The SMILES string of the molecule is CCCCC(=O)NCc1cc(C#CCO)cs1. The lowest BCUT2D eigenvalue weighted by molar-refractivity contribution is -0.121. The van der Waals surface area contributed by atoms with E-state index in [9.17, 15) is 4.79 Å². The van der Waals surface area contributed by atoms with Crippen LogP contribution < -0.4 is 5.32 Å². The highest BCUT2D eigenvalue weighted by molar-refractivity contribution is 7.10. The van der Waals surface area contributed by atoms with Gasteiger partial charge in [0.15, 0.2) is 0 Å². The van der Waals surface area contributed by atoms with Crippen LogP contribution in [0.25, 0.3) is 0 Å². The zero-order valence-electron chi connectivity index (χ0n) is 9.95. The Morgan fingerprint density at radius 2 is 2.41 bits per heavy atom. The Hall–Kier alpha value is -1.31. The van der Waals surface area contributed by atoms with Gasteiger partial charge in [0.25, 0.3) is 0 Å². The Balaban J connectivity index is 2.36. The van der Waals surface area contributed by atoms with Crippen LogP contribution in [0.1, 0.15) is 36.6 Å². The van der Waals surface area contributed by atoms with Crippen molar-refractivity contribution in [1.82, 2.24) is 5.32 Å². The van der Waals surface area contributed by atoms with Crippen LogP contribution in [0.4, 0.5) is 0 Å². The summed E-state index contributed by atoms with van der Waals surface area (Å²) in [7, 11) is 0. The maximum absolute atomic E-state index is 11.4. The first-order valence-electron chi connectivity index (χ1n) is 5.70. The van der Waals surface area contributed by atoms with E-state index in [1.165, 1.54) is 0 Å². The highest BCUT2D eigenvalue weighted by Gasteiger charge is 2.02. The van der Waals surface area contributed by atoms with Crippen molar-refractivity contribution in [2.45, 2.75) is 32.7 Å². The molecule has 0 spiro atoms. The van der Waals surface area contributed by atoms with Gasteiger partial charge in [0.2, 0.25) is 5.91 Å². The molecule has 1 heterocycles. The number of nitrogens with one attached hydrogen (secondary N) is 1. The van der Waals surface area contributed by atoms with E-state index in [-0.39, 0.29) is 12.5 Å². The summed E-state index contributed by atoms with van der Waals surface area (Å²) in [6.07, 6.45) is 2.57. The molecule has 0 aliphatic heterocycles. The van der Waals surface area contributed by atoms with Crippen molar-refractivity contribution in [3.8, 4) is 11.8 Å². The number of rotatable bonds is 5. The van der Waals surface area contributed by atoms with Crippen LogP contribution in [-0.4, -0.2) is 17.6 Å². The molecule has 0 fully saturated rings. The van der Waals surface area contributed by atoms with Gasteiger partial charge in [0, 0.05) is 22.2 Å². The Morgan fingerprint density at radius 1 is 1.59 bits per heavy atom. The predicted octanol–water partition coefficient (Wildman–Crippen LogP) is 1.90.